The van der Waals surface area contributed by atoms with Crippen LogP contribution in [0.25, 0.3) is 11.0 Å². The van der Waals surface area contributed by atoms with Crippen LogP contribution in [0.1, 0.15) is 49.8 Å². The van der Waals surface area contributed by atoms with E-state index in [4.69, 9.17) is 4.98 Å². The Bertz CT molecular complexity index is 1070. The molecule has 7 heteroatoms. The monoisotopic (exact) mass is 446 g/mol. The Balaban J connectivity index is 1.16. The number of hydrogen-bond acceptors (Lipinski definition) is 5. The van der Waals surface area contributed by atoms with Gasteiger partial charge in [0.1, 0.15) is 0 Å². The zero-order valence-corrected chi connectivity index (χ0v) is 19.5. The number of carbonyl (C=O) groups is 1. The molecule has 2 aromatic heterocycles. The number of H-pyrrole nitrogens is 1. The van der Waals surface area contributed by atoms with Crippen molar-refractivity contribution in [2.24, 2.45) is 5.92 Å². The highest BCUT2D eigenvalue weighted by atomic mass is 16.2. The average Bonchev–Trinajstić information content (AvgIpc) is 3.50. The molecule has 2 saturated heterocycles. The maximum atomic E-state index is 12.8. The van der Waals surface area contributed by atoms with Gasteiger partial charge in [-0.2, -0.15) is 5.10 Å². The second-order valence-electron chi connectivity index (χ2n) is 9.64. The molecule has 0 aliphatic carbocycles. The highest BCUT2D eigenvalue weighted by molar-refractivity contribution is 5.87. The van der Waals surface area contributed by atoms with Crippen LogP contribution in [-0.4, -0.2) is 63.6 Å². The van der Waals surface area contributed by atoms with Gasteiger partial charge in [0.05, 0.1) is 5.39 Å². The van der Waals surface area contributed by atoms with E-state index in [-0.39, 0.29) is 5.91 Å². The molecule has 1 atom stereocenters. The molecule has 0 saturated carbocycles. The van der Waals surface area contributed by atoms with E-state index in [0.717, 1.165) is 74.2 Å². The van der Waals surface area contributed by atoms with Gasteiger partial charge >= 0.3 is 0 Å². The van der Waals surface area contributed by atoms with Crippen LogP contribution >= 0.6 is 0 Å². The molecule has 0 spiro atoms. The SMILES string of the molecule is CC1CCN(CCC(=O)N2CC[C@H](c3ccc4c(NCc5ccccc5)n[nH]c4n3)C2)CC1. The van der Waals surface area contributed by atoms with Crippen LogP contribution in [0.5, 0.6) is 0 Å². The minimum absolute atomic E-state index is 0.283. The van der Waals surface area contributed by atoms with Crippen molar-refractivity contribution in [3.8, 4) is 0 Å². The molecule has 7 nitrogen and oxygen atoms in total. The Hall–Kier alpha value is -2.93. The molecule has 1 aromatic carbocycles. The third-order valence-electron chi connectivity index (χ3n) is 7.23. The Kier molecular flexibility index (Phi) is 6.58. The van der Waals surface area contributed by atoms with Crippen LogP contribution in [0.2, 0.25) is 0 Å². The van der Waals surface area contributed by atoms with Gasteiger partial charge in [-0.05, 0) is 56.0 Å². The normalized spacial score (nSPS) is 19.9. The third-order valence-corrected chi connectivity index (χ3v) is 7.23. The lowest BCUT2D eigenvalue weighted by molar-refractivity contribution is -0.130. The first-order valence-electron chi connectivity index (χ1n) is 12.3. The number of amides is 1. The van der Waals surface area contributed by atoms with E-state index in [1.807, 2.05) is 23.1 Å². The summed E-state index contributed by atoms with van der Waals surface area (Å²) >= 11 is 0. The van der Waals surface area contributed by atoms with Gasteiger partial charge in [-0.1, -0.05) is 37.3 Å². The lowest BCUT2D eigenvalue weighted by Gasteiger charge is -2.30. The fourth-order valence-electron chi connectivity index (χ4n) is 4.99. The van der Waals surface area contributed by atoms with Crippen molar-refractivity contribution >= 4 is 22.8 Å². The van der Waals surface area contributed by atoms with Gasteiger partial charge in [0.25, 0.3) is 0 Å². The van der Waals surface area contributed by atoms with Gasteiger partial charge in [0, 0.05) is 44.2 Å². The number of aromatic nitrogens is 3. The van der Waals surface area contributed by atoms with Crippen molar-refractivity contribution in [2.45, 2.75) is 45.1 Å². The molecular weight excluding hydrogens is 412 g/mol. The predicted octanol–water partition coefficient (Wildman–Crippen LogP) is 4.01. The first kappa shape index (κ1) is 21.9. The van der Waals surface area contributed by atoms with Crippen molar-refractivity contribution in [1.29, 1.82) is 0 Å². The number of likely N-dealkylation sites (tertiary alicyclic amines) is 2. The topological polar surface area (TPSA) is 77.2 Å². The first-order valence-corrected chi connectivity index (χ1v) is 12.3. The van der Waals surface area contributed by atoms with Crippen LogP contribution in [0, 0.1) is 5.92 Å². The van der Waals surface area contributed by atoms with Crippen molar-refractivity contribution in [2.75, 3.05) is 38.0 Å². The van der Waals surface area contributed by atoms with E-state index < -0.39 is 0 Å². The first-order chi connectivity index (χ1) is 16.2. The number of carbonyl (C=O) groups excluding carboxylic acids is 1. The number of anilines is 1. The molecule has 2 aliphatic rings. The molecule has 5 rings (SSSR count). The van der Waals surface area contributed by atoms with Crippen molar-refractivity contribution in [3.63, 3.8) is 0 Å². The summed E-state index contributed by atoms with van der Waals surface area (Å²) in [7, 11) is 0. The largest absolute Gasteiger partial charge is 0.364 e. The standard InChI is InChI=1S/C26H34N6O/c1-19-9-13-31(14-10-19)15-12-24(33)32-16-11-21(18-32)23-8-7-22-25(29-30-26(22)28-23)27-17-20-5-3-2-4-6-20/h2-8,19,21H,9-18H2,1H3,(H2,27,28,29,30)/t21-/m0/s1. The maximum Gasteiger partial charge on any atom is 0.223 e. The number of rotatable bonds is 7. The van der Waals surface area contributed by atoms with Crippen LogP contribution in [0.15, 0.2) is 42.5 Å². The smallest absolute Gasteiger partial charge is 0.223 e. The minimum Gasteiger partial charge on any atom is -0.364 e. The van der Waals surface area contributed by atoms with E-state index in [9.17, 15) is 4.79 Å². The summed E-state index contributed by atoms with van der Waals surface area (Å²) in [6, 6.07) is 14.5. The number of nitrogens with zero attached hydrogens (tertiary/aromatic N) is 4. The summed E-state index contributed by atoms with van der Waals surface area (Å²) in [5, 5.41) is 11.9. The van der Waals surface area contributed by atoms with Crippen molar-refractivity contribution in [3.05, 3.63) is 53.7 Å². The van der Waals surface area contributed by atoms with E-state index in [1.54, 1.807) is 0 Å². The molecule has 3 aromatic rings. The second-order valence-corrected chi connectivity index (χ2v) is 9.64. The van der Waals surface area contributed by atoms with Crippen molar-refractivity contribution < 1.29 is 4.79 Å². The van der Waals surface area contributed by atoms with E-state index in [0.29, 0.717) is 12.3 Å². The number of aromatic amines is 1. The molecule has 2 fully saturated rings. The van der Waals surface area contributed by atoms with Gasteiger partial charge < -0.3 is 15.1 Å². The van der Waals surface area contributed by atoms with E-state index in [1.165, 1.54) is 18.4 Å². The highest BCUT2D eigenvalue weighted by Gasteiger charge is 2.29. The van der Waals surface area contributed by atoms with Gasteiger partial charge in [-0.3, -0.25) is 9.89 Å². The van der Waals surface area contributed by atoms with Crippen LogP contribution in [-0.2, 0) is 11.3 Å². The molecule has 1 amide bonds. The summed E-state index contributed by atoms with van der Waals surface area (Å²) in [4.78, 5) is 22.1. The Morgan fingerprint density at radius 2 is 1.91 bits per heavy atom. The molecular formula is C26H34N6O. The molecule has 0 radical (unpaired) electrons. The van der Waals surface area contributed by atoms with Crippen LogP contribution in [0.3, 0.4) is 0 Å². The molecule has 0 unspecified atom stereocenters. The zero-order chi connectivity index (χ0) is 22.6. The lowest BCUT2D eigenvalue weighted by atomic mass is 9.99. The average molecular weight is 447 g/mol. The van der Waals surface area contributed by atoms with Crippen molar-refractivity contribution in [1.82, 2.24) is 25.0 Å². The summed E-state index contributed by atoms with van der Waals surface area (Å²) in [5.74, 6) is 2.22. The molecule has 0 bridgehead atoms. The molecule has 2 aliphatic heterocycles. The van der Waals surface area contributed by atoms with Gasteiger partial charge in [0.15, 0.2) is 11.5 Å². The molecule has 4 heterocycles. The maximum absolute atomic E-state index is 12.8. The molecule has 2 N–H and O–H groups in total. The number of hydrogen-bond donors (Lipinski definition) is 2. The van der Waals surface area contributed by atoms with E-state index in [2.05, 4.69) is 51.6 Å². The van der Waals surface area contributed by atoms with Crippen LogP contribution < -0.4 is 5.32 Å². The predicted molar refractivity (Wildman–Crippen MR) is 131 cm³/mol. The summed E-state index contributed by atoms with van der Waals surface area (Å²) in [5.41, 5.74) is 3.05. The number of nitrogens with one attached hydrogen (secondary N) is 2. The van der Waals surface area contributed by atoms with Gasteiger partial charge in [-0.25, -0.2) is 4.98 Å². The summed E-state index contributed by atoms with van der Waals surface area (Å²) < 4.78 is 0. The van der Waals surface area contributed by atoms with Gasteiger partial charge in [-0.15, -0.1) is 0 Å². The highest BCUT2D eigenvalue weighted by Crippen LogP contribution is 2.29. The Morgan fingerprint density at radius 1 is 1.09 bits per heavy atom. The Morgan fingerprint density at radius 3 is 2.73 bits per heavy atom. The lowest BCUT2D eigenvalue weighted by Crippen LogP contribution is -2.37. The number of piperidine rings is 1. The summed E-state index contributed by atoms with van der Waals surface area (Å²) in [6.45, 7) is 7.79. The minimum atomic E-state index is 0.283. The van der Waals surface area contributed by atoms with Gasteiger partial charge in [0.2, 0.25) is 5.91 Å². The quantitative estimate of drug-likeness (QED) is 0.574. The summed E-state index contributed by atoms with van der Waals surface area (Å²) in [6.07, 6.45) is 4.11. The number of fused-ring (bicyclic) bond motifs is 1. The molecule has 174 valence electrons. The number of pyridine rings is 1. The Labute approximate surface area is 195 Å². The van der Waals surface area contributed by atoms with E-state index >= 15 is 0 Å². The second kappa shape index (κ2) is 9.91. The fraction of sp³-hybridized carbons (Fsp3) is 0.500. The van der Waals surface area contributed by atoms with Crippen LogP contribution in [0.4, 0.5) is 5.82 Å². The molecule has 33 heavy (non-hydrogen) atoms. The fourth-order valence-corrected chi connectivity index (χ4v) is 4.99. The number of benzene rings is 1. The zero-order valence-electron chi connectivity index (χ0n) is 19.5. The third kappa shape index (κ3) is 5.19.